The molecule has 2 aliphatic heterocycles. The first-order valence-corrected chi connectivity index (χ1v) is 15.8. The fourth-order valence-electron chi connectivity index (χ4n) is 9.27. The molecule has 2 heterocycles. The molecule has 0 aromatic carbocycles. The molecule has 0 radical (unpaired) electrons. The molecule has 0 aromatic heterocycles. The smallest absolute Gasteiger partial charge is 0.0793 e. The molecule has 4 heteroatoms. The average molecular weight is 505 g/mol. The molecule has 36 heavy (non-hydrogen) atoms. The maximum Gasteiger partial charge on any atom is 0.0793 e. The van der Waals surface area contributed by atoms with Crippen LogP contribution in [0.5, 0.6) is 0 Å². The van der Waals surface area contributed by atoms with Crippen LogP contribution in [0.15, 0.2) is 0 Å². The zero-order valence-corrected chi connectivity index (χ0v) is 25.3. The van der Waals surface area contributed by atoms with Crippen LogP contribution >= 0.6 is 0 Å². The quantitative estimate of drug-likeness (QED) is 0.346. The van der Waals surface area contributed by atoms with Crippen LogP contribution in [-0.4, -0.2) is 44.5 Å². The molecule has 210 valence electrons. The summed E-state index contributed by atoms with van der Waals surface area (Å²) in [5.41, 5.74) is 0.260. The van der Waals surface area contributed by atoms with E-state index in [0.717, 1.165) is 24.7 Å². The number of hydrogen-bond acceptors (Lipinski definition) is 4. The van der Waals surface area contributed by atoms with E-state index in [4.69, 9.17) is 9.68 Å². The van der Waals surface area contributed by atoms with Gasteiger partial charge in [0.15, 0.2) is 0 Å². The van der Waals surface area contributed by atoms with E-state index in [-0.39, 0.29) is 22.2 Å². The maximum atomic E-state index is 6.98. The van der Waals surface area contributed by atoms with Gasteiger partial charge < -0.3 is 0 Å². The van der Waals surface area contributed by atoms with Gasteiger partial charge in [0.1, 0.15) is 0 Å². The Bertz CT molecular complexity index is 651. The topological polar surface area (TPSA) is 24.9 Å². The van der Waals surface area contributed by atoms with Crippen molar-refractivity contribution in [1.29, 1.82) is 0 Å². The Morgan fingerprint density at radius 2 is 0.861 bits per heavy atom. The summed E-state index contributed by atoms with van der Waals surface area (Å²) in [6, 6.07) is 0. The highest BCUT2D eigenvalue weighted by Crippen LogP contribution is 2.49. The summed E-state index contributed by atoms with van der Waals surface area (Å²) in [5, 5.41) is 5.03. The van der Waals surface area contributed by atoms with Crippen molar-refractivity contribution in [3.8, 4) is 0 Å². The molecular weight excluding hydrogens is 444 g/mol. The Morgan fingerprint density at radius 3 is 1.19 bits per heavy atom. The Labute approximate surface area is 224 Å². The molecule has 0 amide bonds. The summed E-state index contributed by atoms with van der Waals surface area (Å²) in [6.45, 7) is 19.7. The molecule has 4 rings (SSSR count). The van der Waals surface area contributed by atoms with Crippen molar-refractivity contribution in [3.63, 3.8) is 0 Å². The second-order valence-electron chi connectivity index (χ2n) is 15.5. The molecule has 0 bridgehead atoms. The number of nitrogens with zero attached hydrogens (tertiary/aromatic N) is 2. The molecule has 0 aromatic rings. The minimum absolute atomic E-state index is 0.0585. The average Bonchev–Trinajstić information content (AvgIpc) is 2.78. The second-order valence-corrected chi connectivity index (χ2v) is 15.5. The first-order chi connectivity index (χ1) is 16.8. The Balaban J connectivity index is 1.54. The van der Waals surface area contributed by atoms with Gasteiger partial charge in [-0.05, 0) is 118 Å². The lowest BCUT2D eigenvalue weighted by molar-refractivity contribution is -0.331. The van der Waals surface area contributed by atoms with E-state index < -0.39 is 0 Å². The highest BCUT2D eigenvalue weighted by atomic mass is 16.7. The van der Waals surface area contributed by atoms with Gasteiger partial charge >= 0.3 is 0 Å². The minimum Gasteiger partial charge on any atom is -0.295 e. The lowest BCUT2D eigenvalue weighted by Gasteiger charge is -2.59. The van der Waals surface area contributed by atoms with Crippen molar-refractivity contribution in [2.75, 3.05) is 0 Å². The van der Waals surface area contributed by atoms with Crippen molar-refractivity contribution in [2.45, 2.75) is 192 Å². The summed E-state index contributed by atoms with van der Waals surface area (Å²) in [4.78, 5) is 14.0. The predicted molar refractivity (Wildman–Crippen MR) is 151 cm³/mol. The molecule has 4 unspecified atom stereocenters. The van der Waals surface area contributed by atoms with Gasteiger partial charge in [-0.2, -0.15) is 10.1 Å². The van der Waals surface area contributed by atoms with E-state index in [2.05, 4.69) is 65.5 Å². The van der Waals surface area contributed by atoms with E-state index in [9.17, 15) is 0 Å². The minimum atomic E-state index is 0.0585. The van der Waals surface area contributed by atoms with Crippen LogP contribution in [0.25, 0.3) is 0 Å². The molecular formula is C32H60N2O2. The number of rotatable bonds is 7. The Kier molecular flexibility index (Phi) is 8.93. The summed E-state index contributed by atoms with van der Waals surface area (Å²) < 4.78 is 0. The largest absolute Gasteiger partial charge is 0.295 e. The van der Waals surface area contributed by atoms with Crippen molar-refractivity contribution in [1.82, 2.24) is 10.1 Å². The van der Waals surface area contributed by atoms with Gasteiger partial charge in [0, 0.05) is 22.2 Å². The molecule has 4 atom stereocenters. The van der Waals surface area contributed by atoms with E-state index in [1.165, 1.54) is 89.9 Å². The number of piperidine rings is 2. The third-order valence-corrected chi connectivity index (χ3v) is 10.2. The van der Waals surface area contributed by atoms with Crippen LogP contribution in [0.3, 0.4) is 0 Å². The molecule has 0 spiro atoms. The summed E-state index contributed by atoms with van der Waals surface area (Å²) in [5.74, 6) is 1.45. The van der Waals surface area contributed by atoms with Crippen LogP contribution < -0.4 is 0 Å². The first-order valence-electron chi connectivity index (χ1n) is 15.8. The van der Waals surface area contributed by atoms with Gasteiger partial charge in [0.2, 0.25) is 0 Å². The standard InChI is InChI=1S/C32H60N2O2/c1-25-21-29(3,4)33(35-27-15-11-9-12-16-27)31(7,23-25)19-20-32(8)24-26(2)22-30(5,6)34(32)36-28-17-13-10-14-18-28/h25-28H,9-24H2,1-8H3. The molecule has 4 fully saturated rings. The van der Waals surface area contributed by atoms with Crippen LogP contribution in [-0.2, 0) is 9.68 Å². The van der Waals surface area contributed by atoms with Gasteiger partial charge in [-0.3, -0.25) is 9.68 Å². The number of hydroxylamine groups is 4. The van der Waals surface area contributed by atoms with Crippen LogP contribution in [0.2, 0.25) is 0 Å². The molecule has 2 saturated carbocycles. The van der Waals surface area contributed by atoms with Gasteiger partial charge in [-0.15, -0.1) is 0 Å². The van der Waals surface area contributed by atoms with Crippen LogP contribution in [0, 0.1) is 11.8 Å². The highest BCUT2D eigenvalue weighted by Gasteiger charge is 2.53. The maximum absolute atomic E-state index is 6.98. The normalized spacial score (nSPS) is 39.3. The van der Waals surface area contributed by atoms with Crippen molar-refractivity contribution in [2.24, 2.45) is 11.8 Å². The lowest BCUT2D eigenvalue weighted by atomic mass is 9.69. The summed E-state index contributed by atoms with van der Waals surface area (Å²) in [7, 11) is 0. The van der Waals surface area contributed by atoms with Gasteiger partial charge in [0.25, 0.3) is 0 Å². The lowest BCUT2D eigenvalue weighted by Crippen LogP contribution is -2.65. The van der Waals surface area contributed by atoms with Crippen molar-refractivity contribution in [3.05, 3.63) is 0 Å². The molecule has 2 aliphatic carbocycles. The van der Waals surface area contributed by atoms with E-state index >= 15 is 0 Å². The summed E-state index contributed by atoms with van der Waals surface area (Å²) >= 11 is 0. The third kappa shape index (κ3) is 6.52. The SMILES string of the molecule is CC1CC(C)(C)N(OC2CCCCC2)C(C)(CCC2(C)CC(C)CC(C)(C)N2OC2CCCCC2)C1. The van der Waals surface area contributed by atoms with Gasteiger partial charge in [-0.1, -0.05) is 52.4 Å². The van der Waals surface area contributed by atoms with E-state index in [1.807, 2.05) is 0 Å². The highest BCUT2D eigenvalue weighted by molar-refractivity contribution is 5.03. The van der Waals surface area contributed by atoms with Crippen LogP contribution in [0.4, 0.5) is 0 Å². The molecule has 2 saturated heterocycles. The zero-order valence-electron chi connectivity index (χ0n) is 25.3. The molecule has 4 aliphatic rings. The third-order valence-electron chi connectivity index (χ3n) is 10.2. The molecule has 0 N–H and O–H groups in total. The Hall–Kier alpha value is -0.160. The number of hydrogen-bond donors (Lipinski definition) is 0. The second kappa shape index (κ2) is 11.1. The van der Waals surface area contributed by atoms with E-state index in [0.29, 0.717) is 12.2 Å². The van der Waals surface area contributed by atoms with Gasteiger partial charge in [0.05, 0.1) is 12.2 Å². The Morgan fingerprint density at radius 1 is 0.528 bits per heavy atom. The zero-order chi connectivity index (χ0) is 26.2. The monoisotopic (exact) mass is 504 g/mol. The van der Waals surface area contributed by atoms with Crippen LogP contribution in [0.1, 0.15) is 158 Å². The summed E-state index contributed by atoms with van der Waals surface area (Å²) in [6.07, 6.45) is 21.0. The van der Waals surface area contributed by atoms with Gasteiger partial charge in [-0.25, -0.2) is 0 Å². The fourth-order valence-corrected chi connectivity index (χ4v) is 9.27. The predicted octanol–water partition coefficient (Wildman–Crippen LogP) is 8.83. The fraction of sp³-hybridized carbons (Fsp3) is 1.00. The van der Waals surface area contributed by atoms with Crippen molar-refractivity contribution >= 4 is 0 Å². The molecule has 4 nitrogen and oxygen atoms in total. The van der Waals surface area contributed by atoms with E-state index in [1.54, 1.807) is 0 Å². The first kappa shape index (κ1) is 28.8. The van der Waals surface area contributed by atoms with Crippen molar-refractivity contribution < 1.29 is 9.68 Å².